The number of ether oxygens (including phenoxy) is 1. The van der Waals surface area contributed by atoms with Crippen LogP contribution in [0.2, 0.25) is 0 Å². The topological polar surface area (TPSA) is 72.6 Å². The van der Waals surface area contributed by atoms with Crippen molar-refractivity contribution in [3.63, 3.8) is 0 Å². The van der Waals surface area contributed by atoms with Crippen molar-refractivity contribution in [2.75, 3.05) is 25.9 Å². The van der Waals surface area contributed by atoms with E-state index in [-0.39, 0.29) is 6.10 Å². The van der Waals surface area contributed by atoms with Crippen LogP contribution in [0, 0.1) is 13.8 Å². The van der Waals surface area contributed by atoms with Crippen molar-refractivity contribution in [2.24, 2.45) is 0 Å². The fourth-order valence-electron chi connectivity index (χ4n) is 3.64. The Morgan fingerprint density at radius 1 is 1.18 bits per heavy atom. The first-order valence-corrected chi connectivity index (χ1v) is 11.3. The van der Waals surface area contributed by atoms with Gasteiger partial charge in [0.15, 0.2) is 0 Å². The summed E-state index contributed by atoms with van der Waals surface area (Å²) in [4.78, 5) is 0.334. The average molecular weight is 403 g/mol. The molecule has 0 aromatic heterocycles. The zero-order chi connectivity index (χ0) is 20.3. The van der Waals surface area contributed by atoms with Crippen LogP contribution in [0.3, 0.4) is 0 Å². The van der Waals surface area contributed by atoms with Gasteiger partial charge in [0.1, 0.15) is 0 Å². The average Bonchev–Trinajstić information content (AvgIpc) is 3.17. The van der Waals surface area contributed by atoms with Gasteiger partial charge in [0.25, 0.3) is 0 Å². The van der Waals surface area contributed by atoms with Crippen LogP contribution in [0.1, 0.15) is 36.8 Å². The van der Waals surface area contributed by atoms with Gasteiger partial charge >= 0.3 is 0 Å². The van der Waals surface area contributed by atoms with Gasteiger partial charge in [-0.15, -0.1) is 0 Å². The summed E-state index contributed by atoms with van der Waals surface area (Å²) in [6.07, 6.45) is 4.15. The van der Waals surface area contributed by atoms with E-state index < -0.39 is 10.0 Å². The highest BCUT2D eigenvalue weighted by Gasteiger charge is 2.26. The number of hydrogen-bond acceptors (Lipinski definition) is 4. The fraction of sp³-hybridized carbons (Fsp3) is 0.455. The second-order valence-electron chi connectivity index (χ2n) is 7.66. The number of rotatable bonds is 7. The van der Waals surface area contributed by atoms with E-state index in [0.717, 1.165) is 49.0 Å². The lowest BCUT2D eigenvalue weighted by Crippen LogP contribution is -2.29. The van der Waals surface area contributed by atoms with Gasteiger partial charge in [-0.3, -0.25) is 0 Å². The van der Waals surface area contributed by atoms with Gasteiger partial charge in [-0.2, -0.15) is 0 Å². The molecule has 0 aliphatic carbocycles. The van der Waals surface area contributed by atoms with Gasteiger partial charge in [-0.05, 0) is 80.5 Å². The predicted octanol–water partition coefficient (Wildman–Crippen LogP) is 4.13. The molecule has 2 aromatic carbocycles. The third kappa shape index (κ3) is 4.57. The maximum absolute atomic E-state index is 13.4. The second kappa shape index (κ2) is 8.64. The van der Waals surface area contributed by atoms with Crippen molar-refractivity contribution in [1.29, 1.82) is 0 Å². The van der Waals surface area contributed by atoms with Gasteiger partial charge in [-0.25, -0.2) is 12.7 Å². The Morgan fingerprint density at radius 3 is 2.61 bits per heavy atom. The predicted molar refractivity (Wildman–Crippen MR) is 114 cm³/mol. The smallest absolute Gasteiger partial charge is 0.243 e. The SMILES string of the molecule is Cc1cc(-c2cccc(N)c2)c(S(=O)(=O)N(C)CCCC2CCCO2)cc1C. The molecule has 1 unspecified atom stereocenters. The lowest BCUT2D eigenvalue weighted by atomic mass is 10.00. The number of nitrogens with two attached hydrogens (primary N) is 1. The van der Waals surface area contributed by atoms with Crippen LogP contribution in [0.5, 0.6) is 0 Å². The molecule has 1 heterocycles. The van der Waals surface area contributed by atoms with Gasteiger partial charge in [0, 0.05) is 31.5 Å². The highest BCUT2D eigenvalue weighted by atomic mass is 32.2. The van der Waals surface area contributed by atoms with Gasteiger partial charge in [0.05, 0.1) is 11.0 Å². The summed E-state index contributed by atoms with van der Waals surface area (Å²) in [5.74, 6) is 0. The van der Waals surface area contributed by atoms with E-state index >= 15 is 0 Å². The van der Waals surface area contributed by atoms with E-state index in [9.17, 15) is 8.42 Å². The van der Waals surface area contributed by atoms with E-state index in [4.69, 9.17) is 10.5 Å². The molecule has 1 aliphatic rings. The number of benzene rings is 2. The molecule has 0 spiro atoms. The van der Waals surface area contributed by atoms with Gasteiger partial charge in [-0.1, -0.05) is 12.1 Å². The monoisotopic (exact) mass is 402 g/mol. The lowest BCUT2D eigenvalue weighted by molar-refractivity contribution is 0.101. The molecule has 0 saturated carbocycles. The van der Waals surface area contributed by atoms with Crippen molar-refractivity contribution >= 4 is 15.7 Å². The van der Waals surface area contributed by atoms with Gasteiger partial charge < -0.3 is 10.5 Å². The summed E-state index contributed by atoms with van der Waals surface area (Å²) >= 11 is 0. The van der Waals surface area contributed by atoms with Crippen LogP contribution in [0.15, 0.2) is 41.3 Å². The van der Waals surface area contributed by atoms with Crippen LogP contribution >= 0.6 is 0 Å². The Morgan fingerprint density at radius 2 is 1.93 bits per heavy atom. The Balaban J connectivity index is 1.88. The summed E-state index contributed by atoms with van der Waals surface area (Å²) in [7, 11) is -1.96. The Labute approximate surface area is 168 Å². The van der Waals surface area contributed by atoms with E-state index in [1.54, 1.807) is 19.2 Å². The molecule has 3 rings (SSSR count). The molecule has 2 aromatic rings. The van der Waals surface area contributed by atoms with E-state index in [2.05, 4.69) is 0 Å². The largest absolute Gasteiger partial charge is 0.399 e. The normalized spacial score (nSPS) is 17.4. The van der Waals surface area contributed by atoms with Crippen LogP contribution < -0.4 is 5.73 Å². The highest BCUT2D eigenvalue weighted by molar-refractivity contribution is 7.89. The van der Waals surface area contributed by atoms with Gasteiger partial charge in [0.2, 0.25) is 10.0 Å². The minimum Gasteiger partial charge on any atom is -0.399 e. The standard InChI is InChI=1S/C22H30N2O3S/c1-16-13-21(18-7-4-8-19(23)15-18)22(14-17(16)2)28(25,26)24(3)11-5-9-20-10-6-12-27-20/h4,7-8,13-15,20H,5-6,9-12,23H2,1-3H3. The second-order valence-corrected chi connectivity index (χ2v) is 9.68. The van der Waals surface area contributed by atoms with Crippen molar-refractivity contribution in [1.82, 2.24) is 4.31 Å². The molecule has 5 nitrogen and oxygen atoms in total. The number of nitrogen functional groups attached to an aromatic ring is 1. The van der Waals surface area contributed by atoms with Crippen molar-refractivity contribution in [3.8, 4) is 11.1 Å². The molecular formula is C22H30N2O3S. The van der Waals surface area contributed by atoms with E-state index in [0.29, 0.717) is 22.7 Å². The summed E-state index contributed by atoms with van der Waals surface area (Å²) in [6.45, 7) is 5.23. The Kier molecular flexibility index (Phi) is 6.43. The molecule has 28 heavy (non-hydrogen) atoms. The molecule has 1 aliphatic heterocycles. The number of anilines is 1. The van der Waals surface area contributed by atoms with Crippen LogP contribution in [-0.4, -0.2) is 39.0 Å². The molecule has 6 heteroatoms. The zero-order valence-electron chi connectivity index (χ0n) is 16.9. The Hall–Kier alpha value is -1.89. The minimum atomic E-state index is -3.61. The fourth-order valence-corrected chi connectivity index (χ4v) is 5.12. The van der Waals surface area contributed by atoms with Crippen molar-refractivity contribution in [3.05, 3.63) is 47.5 Å². The third-order valence-electron chi connectivity index (χ3n) is 5.50. The molecule has 0 amide bonds. The van der Waals surface area contributed by atoms with Crippen LogP contribution in [0.4, 0.5) is 5.69 Å². The minimum absolute atomic E-state index is 0.278. The maximum Gasteiger partial charge on any atom is 0.243 e. The first kappa shape index (κ1) is 20.8. The molecule has 1 fully saturated rings. The summed E-state index contributed by atoms with van der Waals surface area (Å²) < 4.78 is 33.8. The number of sulfonamides is 1. The highest BCUT2D eigenvalue weighted by Crippen LogP contribution is 2.33. The first-order chi connectivity index (χ1) is 13.3. The molecule has 1 atom stereocenters. The Bertz CT molecular complexity index is 935. The zero-order valence-corrected chi connectivity index (χ0v) is 17.8. The molecule has 0 radical (unpaired) electrons. The van der Waals surface area contributed by atoms with E-state index in [1.807, 2.05) is 38.1 Å². The molecular weight excluding hydrogens is 372 g/mol. The molecule has 152 valence electrons. The molecule has 0 bridgehead atoms. The van der Waals surface area contributed by atoms with Crippen molar-refractivity contribution < 1.29 is 13.2 Å². The summed E-state index contributed by atoms with van der Waals surface area (Å²) in [6, 6.07) is 11.1. The molecule has 2 N–H and O–H groups in total. The number of hydrogen-bond donors (Lipinski definition) is 1. The lowest BCUT2D eigenvalue weighted by Gasteiger charge is -2.21. The summed E-state index contributed by atoms with van der Waals surface area (Å²) in [5, 5.41) is 0. The van der Waals surface area contributed by atoms with Crippen LogP contribution in [0.25, 0.3) is 11.1 Å². The van der Waals surface area contributed by atoms with E-state index in [1.165, 1.54) is 4.31 Å². The van der Waals surface area contributed by atoms with Crippen LogP contribution in [-0.2, 0) is 14.8 Å². The maximum atomic E-state index is 13.4. The summed E-state index contributed by atoms with van der Waals surface area (Å²) in [5.41, 5.74) is 10.1. The molecule has 1 saturated heterocycles. The number of nitrogens with zero attached hydrogens (tertiary/aromatic N) is 1. The van der Waals surface area contributed by atoms with Crippen molar-refractivity contribution in [2.45, 2.75) is 50.5 Å². The quantitative estimate of drug-likeness (QED) is 0.707. The third-order valence-corrected chi connectivity index (χ3v) is 7.40. The number of aryl methyl sites for hydroxylation is 2. The first-order valence-electron chi connectivity index (χ1n) is 9.84.